The van der Waals surface area contributed by atoms with Crippen LogP contribution in [-0.4, -0.2) is 44.4 Å². The van der Waals surface area contributed by atoms with E-state index >= 15 is 0 Å². The minimum Gasteiger partial charge on any atom is -0.481 e. The molecule has 1 aliphatic heterocycles. The Morgan fingerprint density at radius 1 is 1.38 bits per heavy atom. The van der Waals surface area contributed by atoms with Gasteiger partial charge in [0.25, 0.3) is 0 Å². The summed E-state index contributed by atoms with van der Waals surface area (Å²) >= 11 is 0. The summed E-state index contributed by atoms with van der Waals surface area (Å²) in [6.45, 7) is 1.76. The summed E-state index contributed by atoms with van der Waals surface area (Å²) in [5.41, 5.74) is 0. The van der Waals surface area contributed by atoms with Crippen LogP contribution in [0.3, 0.4) is 0 Å². The molecule has 2 heterocycles. The first-order chi connectivity index (χ1) is 7.83. The highest BCUT2D eigenvalue weighted by atomic mass is 16.5. The van der Waals surface area contributed by atoms with Crippen molar-refractivity contribution in [1.82, 2.24) is 10.3 Å². The van der Waals surface area contributed by atoms with E-state index in [0.29, 0.717) is 5.88 Å². The molecule has 1 aliphatic rings. The van der Waals surface area contributed by atoms with E-state index in [1.54, 1.807) is 14.2 Å². The Balaban J connectivity index is 2.02. The predicted molar refractivity (Wildman–Crippen MR) is 61.9 cm³/mol. The molecule has 1 aromatic heterocycles. The van der Waals surface area contributed by atoms with Crippen molar-refractivity contribution in [3.8, 4) is 5.88 Å². The summed E-state index contributed by atoms with van der Waals surface area (Å²) in [6.07, 6.45) is 0.188. The van der Waals surface area contributed by atoms with Crippen LogP contribution in [0.15, 0.2) is 18.2 Å². The fraction of sp³-hybridized carbons (Fsp3) is 0.545. The van der Waals surface area contributed by atoms with Gasteiger partial charge in [-0.15, -0.1) is 0 Å². The van der Waals surface area contributed by atoms with Gasteiger partial charge in [-0.3, -0.25) is 0 Å². The molecule has 5 nitrogen and oxygen atoms in total. The zero-order valence-corrected chi connectivity index (χ0v) is 9.56. The van der Waals surface area contributed by atoms with E-state index in [1.807, 2.05) is 18.2 Å². The molecule has 1 saturated heterocycles. The first kappa shape index (κ1) is 11.2. The van der Waals surface area contributed by atoms with Crippen molar-refractivity contribution in [3.63, 3.8) is 0 Å². The van der Waals surface area contributed by atoms with Gasteiger partial charge in [0.1, 0.15) is 5.82 Å². The maximum Gasteiger partial charge on any atom is 0.214 e. The van der Waals surface area contributed by atoms with Gasteiger partial charge in [0.2, 0.25) is 5.88 Å². The van der Waals surface area contributed by atoms with Gasteiger partial charge in [-0.1, -0.05) is 6.07 Å². The maximum atomic E-state index is 5.37. The van der Waals surface area contributed by atoms with Crippen molar-refractivity contribution >= 4 is 5.82 Å². The van der Waals surface area contributed by atoms with Crippen LogP contribution < -0.4 is 15.4 Å². The number of ether oxygens (including phenoxy) is 2. The molecule has 1 aromatic rings. The average molecular weight is 223 g/mol. The molecule has 0 aromatic carbocycles. The molecule has 0 amide bonds. The Bertz CT molecular complexity index is 346. The summed E-state index contributed by atoms with van der Waals surface area (Å²) < 4.78 is 10.4. The minimum absolute atomic E-state index is 0.188. The van der Waals surface area contributed by atoms with Crippen LogP contribution in [0.4, 0.5) is 5.82 Å². The normalized spacial score (nSPS) is 24.4. The largest absolute Gasteiger partial charge is 0.481 e. The molecule has 0 radical (unpaired) electrons. The first-order valence-corrected chi connectivity index (χ1v) is 5.34. The number of anilines is 1. The molecule has 0 aliphatic carbocycles. The first-order valence-electron chi connectivity index (χ1n) is 5.34. The maximum absolute atomic E-state index is 5.37. The number of methoxy groups -OCH3 is 2. The van der Waals surface area contributed by atoms with Crippen molar-refractivity contribution in [2.75, 3.05) is 32.6 Å². The van der Waals surface area contributed by atoms with E-state index in [9.17, 15) is 0 Å². The Morgan fingerprint density at radius 3 is 3.00 bits per heavy atom. The van der Waals surface area contributed by atoms with Crippen LogP contribution in [0.25, 0.3) is 0 Å². The third-order valence-electron chi connectivity index (χ3n) is 2.73. The van der Waals surface area contributed by atoms with Crippen LogP contribution in [0.2, 0.25) is 0 Å². The van der Waals surface area contributed by atoms with Gasteiger partial charge in [-0.25, -0.2) is 0 Å². The molecule has 2 N–H and O–H groups in total. The molecular weight excluding hydrogens is 206 g/mol. The van der Waals surface area contributed by atoms with E-state index in [0.717, 1.165) is 18.9 Å². The number of rotatable bonds is 4. The lowest BCUT2D eigenvalue weighted by molar-refractivity contribution is 0.111. The number of hydrogen-bond donors (Lipinski definition) is 2. The summed E-state index contributed by atoms with van der Waals surface area (Å²) in [5.74, 6) is 1.43. The standard InChI is InChI=1S/C11H17N3O2/c1-15-9-7-12-6-8(9)13-10-4-3-5-11(14-10)16-2/h3-5,8-9,12H,6-7H2,1-2H3,(H,13,14)/t8?,9-/m0/s1. The van der Waals surface area contributed by atoms with Gasteiger partial charge in [-0.2, -0.15) is 4.98 Å². The number of nitrogens with one attached hydrogen (secondary N) is 2. The Hall–Kier alpha value is -1.33. The zero-order valence-electron chi connectivity index (χ0n) is 9.56. The quantitative estimate of drug-likeness (QED) is 0.778. The van der Waals surface area contributed by atoms with E-state index in [-0.39, 0.29) is 12.1 Å². The van der Waals surface area contributed by atoms with Crippen molar-refractivity contribution < 1.29 is 9.47 Å². The monoisotopic (exact) mass is 223 g/mol. The van der Waals surface area contributed by atoms with Crippen molar-refractivity contribution in [3.05, 3.63) is 18.2 Å². The molecule has 5 heteroatoms. The van der Waals surface area contributed by atoms with Gasteiger partial charge in [0, 0.05) is 26.3 Å². The number of nitrogens with zero attached hydrogens (tertiary/aromatic N) is 1. The lowest BCUT2D eigenvalue weighted by Gasteiger charge is -2.19. The second kappa shape index (κ2) is 5.14. The van der Waals surface area contributed by atoms with Gasteiger partial charge in [0.05, 0.1) is 19.3 Å². The van der Waals surface area contributed by atoms with Gasteiger partial charge < -0.3 is 20.1 Å². The van der Waals surface area contributed by atoms with E-state index in [2.05, 4.69) is 15.6 Å². The highest BCUT2D eigenvalue weighted by Gasteiger charge is 2.26. The van der Waals surface area contributed by atoms with E-state index < -0.39 is 0 Å². The van der Waals surface area contributed by atoms with Crippen LogP contribution in [0, 0.1) is 0 Å². The number of aromatic nitrogens is 1. The Labute approximate surface area is 95.2 Å². The molecule has 0 spiro atoms. The van der Waals surface area contributed by atoms with E-state index in [4.69, 9.17) is 9.47 Å². The summed E-state index contributed by atoms with van der Waals surface area (Å²) in [4.78, 5) is 4.31. The smallest absolute Gasteiger partial charge is 0.214 e. The van der Waals surface area contributed by atoms with Crippen molar-refractivity contribution in [2.24, 2.45) is 0 Å². The third kappa shape index (κ3) is 2.43. The second-order valence-electron chi connectivity index (χ2n) is 3.75. The molecule has 88 valence electrons. The molecule has 0 bridgehead atoms. The molecule has 1 fully saturated rings. The minimum atomic E-state index is 0.188. The summed E-state index contributed by atoms with van der Waals surface area (Å²) in [5, 5.41) is 6.61. The molecule has 0 saturated carbocycles. The lowest BCUT2D eigenvalue weighted by Crippen LogP contribution is -2.33. The van der Waals surface area contributed by atoms with Crippen LogP contribution in [0.5, 0.6) is 5.88 Å². The fourth-order valence-corrected chi connectivity index (χ4v) is 1.85. The SMILES string of the molecule is COc1cccc(NC2CNC[C@@H]2OC)n1. The van der Waals surface area contributed by atoms with Gasteiger partial charge >= 0.3 is 0 Å². The van der Waals surface area contributed by atoms with Crippen LogP contribution in [0.1, 0.15) is 0 Å². The van der Waals surface area contributed by atoms with Crippen LogP contribution >= 0.6 is 0 Å². The fourth-order valence-electron chi connectivity index (χ4n) is 1.85. The average Bonchev–Trinajstić information content (AvgIpc) is 2.76. The Morgan fingerprint density at radius 2 is 2.25 bits per heavy atom. The van der Waals surface area contributed by atoms with Crippen molar-refractivity contribution in [1.29, 1.82) is 0 Å². The van der Waals surface area contributed by atoms with E-state index in [1.165, 1.54) is 0 Å². The van der Waals surface area contributed by atoms with Crippen LogP contribution in [-0.2, 0) is 4.74 Å². The van der Waals surface area contributed by atoms with Gasteiger partial charge in [0.15, 0.2) is 0 Å². The highest BCUT2D eigenvalue weighted by Crippen LogP contribution is 2.14. The second-order valence-corrected chi connectivity index (χ2v) is 3.75. The molecule has 16 heavy (non-hydrogen) atoms. The third-order valence-corrected chi connectivity index (χ3v) is 2.73. The summed E-state index contributed by atoms with van der Waals surface area (Å²) in [7, 11) is 3.34. The zero-order chi connectivity index (χ0) is 11.4. The Kier molecular flexibility index (Phi) is 3.58. The molecular formula is C11H17N3O2. The van der Waals surface area contributed by atoms with Gasteiger partial charge in [-0.05, 0) is 6.07 Å². The topological polar surface area (TPSA) is 55.4 Å². The highest BCUT2D eigenvalue weighted by molar-refractivity contribution is 5.39. The molecule has 2 rings (SSSR count). The molecule has 2 atom stereocenters. The van der Waals surface area contributed by atoms with Crippen molar-refractivity contribution in [2.45, 2.75) is 12.1 Å². The number of hydrogen-bond acceptors (Lipinski definition) is 5. The molecule has 1 unspecified atom stereocenters. The summed E-state index contributed by atoms with van der Waals surface area (Å²) in [6, 6.07) is 5.92. The predicted octanol–water partition coefficient (Wildman–Crippen LogP) is 0.489. The number of pyridine rings is 1. The lowest BCUT2D eigenvalue weighted by atomic mass is 10.2.